The molecule has 2 aromatic rings. The number of pyridine rings is 1. The minimum Gasteiger partial charge on any atom is -0.398 e. The first kappa shape index (κ1) is 14.8. The lowest BCUT2D eigenvalue weighted by atomic mass is 10.3. The fourth-order valence-electron chi connectivity index (χ4n) is 1.55. The summed E-state index contributed by atoms with van der Waals surface area (Å²) in [6, 6.07) is 9.89. The summed E-state index contributed by atoms with van der Waals surface area (Å²) in [6.45, 7) is 0.176. The Kier molecular flexibility index (Phi) is 4.73. The van der Waals surface area contributed by atoms with E-state index in [1.807, 2.05) is 0 Å². The molecule has 4 N–H and O–H groups in total. The smallest absolute Gasteiger partial charge is 0.313 e. The van der Waals surface area contributed by atoms with Gasteiger partial charge in [0, 0.05) is 11.9 Å². The summed E-state index contributed by atoms with van der Waals surface area (Å²) in [5.41, 5.74) is 7.01. The fraction of sp³-hybridized carbons (Fsp3) is 0.0714. The average Bonchev–Trinajstić information content (AvgIpc) is 2.49. The second-order valence-corrected chi connectivity index (χ2v) is 4.60. The van der Waals surface area contributed by atoms with Gasteiger partial charge < -0.3 is 16.4 Å². The van der Waals surface area contributed by atoms with Gasteiger partial charge in [-0.05, 0) is 30.3 Å². The third-order valence-corrected chi connectivity index (χ3v) is 2.95. The maximum atomic E-state index is 11.7. The molecule has 0 atom stereocenters. The van der Waals surface area contributed by atoms with Crippen molar-refractivity contribution in [1.29, 1.82) is 0 Å². The third-order valence-electron chi connectivity index (χ3n) is 2.62. The van der Waals surface area contributed by atoms with Gasteiger partial charge in [-0.25, -0.2) is 0 Å². The van der Waals surface area contributed by atoms with Crippen LogP contribution >= 0.6 is 11.6 Å². The van der Waals surface area contributed by atoms with E-state index >= 15 is 0 Å². The predicted octanol–water partition coefficient (Wildman–Crippen LogP) is 1.57. The van der Waals surface area contributed by atoms with Crippen LogP contribution in [0.2, 0.25) is 5.02 Å². The van der Waals surface area contributed by atoms with E-state index in [-0.39, 0.29) is 6.54 Å². The van der Waals surface area contributed by atoms with Gasteiger partial charge in [0.05, 0.1) is 22.9 Å². The lowest BCUT2D eigenvalue weighted by Gasteiger charge is -2.07. The number of carbonyl (C=O) groups is 2. The Labute approximate surface area is 126 Å². The van der Waals surface area contributed by atoms with Crippen molar-refractivity contribution >= 4 is 34.8 Å². The number of nitrogens with zero attached hydrogens (tertiary/aromatic N) is 1. The molecule has 0 spiro atoms. The molecule has 0 unspecified atom stereocenters. The van der Waals surface area contributed by atoms with Crippen LogP contribution in [-0.4, -0.2) is 16.8 Å². The molecule has 108 valence electrons. The quantitative estimate of drug-likeness (QED) is 0.592. The van der Waals surface area contributed by atoms with Crippen LogP contribution in [0.1, 0.15) is 5.69 Å². The van der Waals surface area contributed by atoms with Crippen LogP contribution in [0.15, 0.2) is 42.6 Å². The zero-order valence-electron chi connectivity index (χ0n) is 11.0. The minimum atomic E-state index is -0.785. The molecule has 0 fully saturated rings. The maximum Gasteiger partial charge on any atom is 0.313 e. The topological polar surface area (TPSA) is 97.1 Å². The van der Waals surface area contributed by atoms with E-state index in [9.17, 15) is 9.59 Å². The molecule has 7 heteroatoms. The molecule has 1 aromatic carbocycles. The van der Waals surface area contributed by atoms with Gasteiger partial charge in [-0.2, -0.15) is 0 Å². The number of rotatable bonds is 3. The van der Waals surface area contributed by atoms with Crippen molar-refractivity contribution in [2.45, 2.75) is 6.54 Å². The van der Waals surface area contributed by atoms with E-state index in [2.05, 4.69) is 15.6 Å². The van der Waals surface area contributed by atoms with Gasteiger partial charge >= 0.3 is 11.8 Å². The normalized spacial score (nSPS) is 9.95. The number of halogens is 1. The molecule has 1 heterocycles. The van der Waals surface area contributed by atoms with Crippen LogP contribution in [0.3, 0.4) is 0 Å². The molecule has 21 heavy (non-hydrogen) atoms. The van der Waals surface area contributed by atoms with Crippen molar-refractivity contribution in [2.24, 2.45) is 0 Å². The highest BCUT2D eigenvalue weighted by Gasteiger charge is 2.13. The van der Waals surface area contributed by atoms with E-state index < -0.39 is 11.8 Å². The largest absolute Gasteiger partial charge is 0.398 e. The molecule has 0 bridgehead atoms. The van der Waals surface area contributed by atoms with Gasteiger partial charge in [0.15, 0.2) is 0 Å². The van der Waals surface area contributed by atoms with Crippen molar-refractivity contribution in [2.75, 3.05) is 11.1 Å². The second kappa shape index (κ2) is 6.71. The molecule has 0 aliphatic heterocycles. The standard InChI is InChI=1S/C14H13ClN4O2/c15-11-7-9(4-5-12(11)16)19-14(21)13(20)18-8-10-3-1-2-6-17-10/h1-7H,8,16H2,(H,18,20)(H,19,21). The summed E-state index contributed by atoms with van der Waals surface area (Å²) < 4.78 is 0. The van der Waals surface area contributed by atoms with Crippen molar-refractivity contribution in [3.8, 4) is 0 Å². The molecule has 2 amide bonds. The highest BCUT2D eigenvalue weighted by Crippen LogP contribution is 2.22. The summed E-state index contributed by atoms with van der Waals surface area (Å²) in [7, 11) is 0. The number of nitrogens with one attached hydrogen (secondary N) is 2. The first-order valence-electron chi connectivity index (χ1n) is 6.10. The molecular formula is C14H13ClN4O2. The van der Waals surface area contributed by atoms with E-state index in [1.165, 1.54) is 6.07 Å². The first-order chi connectivity index (χ1) is 10.1. The van der Waals surface area contributed by atoms with Crippen LogP contribution < -0.4 is 16.4 Å². The van der Waals surface area contributed by atoms with Crippen LogP contribution in [0, 0.1) is 0 Å². The number of anilines is 2. The summed E-state index contributed by atoms with van der Waals surface area (Å²) in [5.74, 6) is -1.54. The van der Waals surface area contributed by atoms with Crippen molar-refractivity contribution in [3.63, 3.8) is 0 Å². The van der Waals surface area contributed by atoms with E-state index in [0.29, 0.717) is 22.1 Å². The Morgan fingerprint density at radius 2 is 2.00 bits per heavy atom. The maximum absolute atomic E-state index is 11.7. The number of hydrogen-bond donors (Lipinski definition) is 3. The van der Waals surface area contributed by atoms with Gasteiger partial charge in [-0.3, -0.25) is 14.6 Å². The van der Waals surface area contributed by atoms with Gasteiger partial charge in [0.1, 0.15) is 0 Å². The van der Waals surface area contributed by atoms with Gasteiger partial charge in [-0.15, -0.1) is 0 Å². The van der Waals surface area contributed by atoms with Gasteiger partial charge in [-0.1, -0.05) is 17.7 Å². The molecule has 0 radical (unpaired) electrons. The molecule has 0 saturated carbocycles. The molecule has 1 aromatic heterocycles. The second-order valence-electron chi connectivity index (χ2n) is 4.19. The highest BCUT2D eigenvalue weighted by molar-refractivity contribution is 6.40. The summed E-state index contributed by atoms with van der Waals surface area (Å²) in [6.07, 6.45) is 1.61. The van der Waals surface area contributed by atoms with Crippen molar-refractivity contribution in [3.05, 3.63) is 53.3 Å². The van der Waals surface area contributed by atoms with Crippen LogP contribution in [0.4, 0.5) is 11.4 Å². The lowest BCUT2D eigenvalue weighted by molar-refractivity contribution is -0.136. The van der Waals surface area contributed by atoms with Gasteiger partial charge in [0.25, 0.3) is 0 Å². The minimum absolute atomic E-state index is 0.176. The van der Waals surface area contributed by atoms with E-state index in [1.54, 1.807) is 36.5 Å². The number of nitrogens with two attached hydrogens (primary N) is 1. The summed E-state index contributed by atoms with van der Waals surface area (Å²) >= 11 is 5.83. The lowest BCUT2D eigenvalue weighted by Crippen LogP contribution is -2.35. The van der Waals surface area contributed by atoms with Crippen LogP contribution in [0.25, 0.3) is 0 Å². The average molecular weight is 305 g/mol. The van der Waals surface area contributed by atoms with Gasteiger partial charge in [0.2, 0.25) is 0 Å². The molecule has 2 rings (SSSR count). The number of hydrogen-bond acceptors (Lipinski definition) is 4. The SMILES string of the molecule is Nc1ccc(NC(=O)C(=O)NCc2ccccn2)cc1Cl. The molecule has 0 saturated heterocycles. The van der Waals surface area contributed by atoms with Crippen LogP contribution in [0.5, 0.6) is 0 Å². The van der Waals surface area contributed by atoms with Crippen molar-refractivity contribution in [1.82, 2.24) is 10.3 Å². The number of aromatic nitrogens is 1. The molecule has 6 nitrogen and oxygen atoms in total. The monoisotopic (exact) mass is 304 g/mol. The van der Waals surface area contributed by atoms with Crippen molar-refractivity contribution < 1.29 is 9.59 Å². The molecular weight excluding hydrogens is 292 g/mol. The summed E-state index contributed by atoms with van der Waals surface area (Å²) in [5, 5.41) is 5.22. The third kappa shape index (κ3) is 4.19. The summed E-state index contributed by atoms with van der Waals surface area (Å²) in [4.78, 5) is 27.4. The van der Waals surface area contributed by atoms with E-state index in [4.69, 9.17) is 17.3 Å². The fourth-order valence-corrected chi connectivity index (χ4v) is 1.73. The zero-order chi connectivity index (χ0) is 15.2. The predicted molar refractivity (Wildman–Crippen MR) is 80.6 cm³/mol. The Morgan fingerprint density at radius 1 is 1.19 bits per heavy atom. The van der Waals surface area contributed by atoms with Crippen LogP contribution in [-0.2, 0) is 16.1 Å². The Morgan fingerprint density at radius 3 is 2.67 bits per heavy atom. The number of benzene rings is 1. The zero-order valence-corrected chi connectivity index (χ0v) is 11.7. The Balaban J connectivity index is 1.90. The number of nitrogen functional groups attached to an aromatic ring is 1. The first-order valence-corrected chi connectivity index (χ1v) is 6.48. The van der Waals surface area contributed by atoms with E-state index in [0.717, 1.165) is 0 Å². The Hall–Kier alpha value is -2.60. The number of carbonyl (C=O) groups excluding carboxylic acids is 2. The number of amides is 2. The molecule has 0 aliphatic rings. The highest BCUT2D eigenvalue weighted by atomic mass is 35.5. The Bertz CT molecular complexity index is 661. The molecule has 0 aliphatic carbocycles.